The number of nitrogens with one attached hydrogen (secondary N) is 1. The lowest BCUT2D eigenvalue weighted by molar-refractivity contribution is -0.141. The second kappa shape index (κ2) is 5.74. The smallest absolute Gasteiger partial charge is 0.308 e. The minimum atomic E-state index is -0.814. The van der Waals surface area contributed by atoms with E-state index in [1.54, 1.807) is 11.3 Å². The van der Waals surface area contributed by atoms with Crippen molar-refractivity contribution in [1.82, 2.24) is 5.32 Å². The number of hydrogen-bond acceptors (Lipinski definition) is 3. The number of carbonyl (C=O) groups excluding carboxylic acids is 1. The van der Waals surface area contributed by atoms with Gasteiger partial charge in [-0.2, -0.15) is 0 Å². The molecule has 0 aliphatic heterocycles. The van der Waals surface area contributed by atoms with Crippen molar-refractivity contribution in [2.24, 2.45) is 11.8 Å². The Kier molecular flexibility index (Phi) is 4.24. The largest absolute Gasteiger partial charge is 0.481 e. The molecule has 2 rings (SSSR count). The Morgan fingerprint density at radius 2 is 2.16 bits per heavy atom. The lowest BCUT2D eigenvalue weighted by Crippen LogP contribution is -2.33. The quantitative estimate of drug-likeness (QED) is 0.842. The van der Waals surface area contributed by atoms with Crippen LogP contribution >= 0.6 is 11.3 Å². The Bertz CT molecular complexity index is 491. The lowest BCUT2D eigenvalue weighted by Gasteiger charge is -2.12. The van der Waals surface area contributed by atoms with Gasteiger partial charge in [-0.1, -0.05) is 12.8 Å². The van der Waals surface area contributed by atoms with Crippen LogP contribution in [0.1, 0.15) is 39.4 Å². The molecular formula is C14H19NO3S. The molecule has 4 nitrogen and oxygen atoms in total. The fourth-order valence-corrected chi connectivity index (χ4v) is 3.12. The first kappa shape index (κ1) is 14.1. The molecule has 104 valence electrons. The Hall–Kier alpha value is -1.36. The van der Waals surface area contributed by atoms with Crippen molar-refractivity contribution in [2.45, 2.75) is 33.1 Å². The number of hydrogen-bond donors (Lipinski definition) is 2. The number of carboxylic acid groups (broad SMARTS) is 1. The summed E-state index contributed by atoms with van der Waals surface area (Å²) in [4.78, 5) is 25.2. The lowest BCUT2D eigenvalue weighted by atomic mass is 10.0. The average Bonchev–Trinajstić information content (AvgIpc) is 3.08. The fraction of sp³-hybridized carbons (Fsp3) is 0.571. The maximum atomic E-state index is 12.0. The Balaban J connectivity index is 1.90. The van der Waals surface area contributed by atoms with E-state index in [0.29, 0.717) is 17.9 Å². The van der Waals surface area contributed by atoms with Gasteiger partial charge in [-0.05, 0) is 32.3 Å². The summed E-state index contributed by atoms with van der Waals surface area (Å²) >= 11 is 1.58. The second-order valence-corrected chi connectivity index (χ2v) is 6.71. The highest BCUT2D eigenvalue weighted by Gasteiger charge is 2.29. The highest BCUT2D eigenvalue weighted by molar-refractivity contribution is 7.12. The molecule has 1 aliphatic rings. The van der Waals surface area contributed by atoms with Crippen LogP contribution in [0.3, 0.4) is 0 Å². The number of carbonyl (C=O) groups is 2. The molecular weight excluding hydrogens is 262 g/mol. The van der Waals surface area contributed by atoms with Crippen LogP contribution < -0.4 is 5.32 Å². The molecule has 1 fully saturated rings. The van der Waals surface area contributed by atoms with Crippen molar-refractivity contribution >= 4 is 23.2 Å². The van der Waals surface area contributed by atoms with Gasteiger partial charge in [0.05, 0.1) is 11.5 Å². The number of amides is 1. The van der Waals surface area contributed by atoms with Gasteiger partial charge in [0.1, 0.15) is 0 Å². The summed E-state index contributed by atoms with van der Waals surface area (Å²) < 4.78 is 0. The van der Waals surface area contributed by atoms with Crippen molar-refractivity contribution in [3.63, 3.8) is 0 Å². The van der Waals surface area contributed by atoms with Crippen molar-refractivity contribution < 1.29 is 14.7 Å². The van der Waals surface area contributed by atoms with E-state index in [9.17, 15) is 9.59 Å². The minimum Gasteiger partial charge on any atom is -0.481 e. The van der Waals surface area contributed by atoms with Crippen LogP contribution in [0.25, 0.3) is 0 Å². The zero-order valence-electron chi connectivity index (χ0n) is 11.2. The van der Waals surface area contributed by atoms with Gasteiger partial charge in [0.2, 0.25) is 0 Å². The number of aliphatic carboxylic acids is 1. The van der Waals surface area contributed by atoms with Gasteiger partial charge in [-0.25, -0.2) is 0 Å². The van der Waals surface area contributed by atoms with E-state index in [1.807, 2.05) is 19.9 Å². The molecule has 1 amide bonds. The number of carboxylic acids is 1. The predicted octanol–water partition coefficient (Wildman–Crippen LogP) is 2.60. The molecule has 2 N–H and O–H groups in total. The summed E-state index contributed by atoms with van der Waals surface area (Å²) in [5.74, 6) is -0.895. The molecule has 1 atom stereocenters. The standard InChI is InChI=1S/C14H19NO3S/c1-8-5-12(9(2)19-8)13(16)15-7-11(14(17)18)6-10-3-4-10/h5,10-11H,3-4,6-7H2,1-2H3,(H,15,16)(H,17,18). The molecule has 1 unspecified atom stereocenters. The van der Waals surface area contributed by atoms with Gasteiger partial charge < -0.3 is 10.4 Å². The molecule has 5 heteroatoms. The SMILES string of the molecule is Cc1cc(C(=O)NCC(CC2CC2)C(=O)O)c(C)s1. The van der Waals surface area contributed by atoms with E-state index in [4.69, 9.17) is 5.11 Å². The molecule has 1 saturated carbocycles. The first-order chi connectivity index (χ1) is 8.97. The molecule has 1 aromatic heterocycles. The third kappa shape index (κ3) is 3.80. The predicted molar refractivity (Wildman–Crippen MR) is 74.6 cm³/mol. The van der Waals surface area contributed by atoms with Crippen molar-refractivity contribution in [2.75, 3.05) is 6.54 Å². The van der Waals surface area contributed by atoms with Gasteiger partial charge in [-0.3, -0.25) is 9.59 Å². The van der Waals surface area contributed by atoms with E-state index >= 15 is 0 Å². The molecule has 0 bridgehead atoms. The zero-order valence-corrected chi connectivity index (χ0v) is 12.0. The van der Waals surface area contributed by atoms with Crippen LogP contribution in [0, 0.1) is 25.7 Å². The number of rotatable bonds is 6. The summed E-state index contributed by atoms with van der Waals surface area (Å²) in [6.07, 6.45) is 2.93. The van der Waals surface area contributed by atoms with Crippen LogP contribution in [-0.2, 0) is 4.79 Å². The van der Waals surface area contributed by atoms with E-state index in [2.05, 4.69) is 5.32 Å². The molecule has 0 spiro atoms. The Morgan fingerprint density at radius 1 is 1.47 bits per heavy atom. The van der Waals surface area contributed by atoms with Gasteiger partial charge in [0, 0.05) is 16.3 Å². The average molecular weight is 281 g/mol. The third-order valence-electron chi connectivity index (χ3n) is 3.46. The van der Waals surface area contributed by atoms with E-state index in [-0.39, 0.29) is 12.5 Å². The van der Waals surface area contributed by atoms with Crippen molar-refractivity contribution in [3.05, 3.63) is 21.4 Å². The van der Waals surface area contributed by atoms with Crippen LogP contribution in [0.5, 0.6) is 0 Å². The molecule has 0 radical (unpaired) electrons. The summed E-state index contributed by atoms with van der Waals surface area (Å²) in [7, 11) is 0. The summed E-state index contributed by atoms with van der Waals surface area (Å²) in [5.41, 5.74) is 0.665. The minimum absolute atomic E-state index is 0.163. The topological polar surface area (TPSA) is 66.4 Å². The van der Waals surface area contributed by atoms with Crippen LogP contribution in [0.4, 0.5) is 0 Å². The van der Waals surface area contributed by atoms with Gasteiger partial charge >= 0.3 is 5.97 Å². The van der Waals surface area contributed by atoms with Crippen LogP contribution in [-0.4, -0.2) is 23.5 Å². The normalized spacial score (nSPS) is 16.1. The van der Waals surface area contributed by atoms with Gasteiger partial charge in [0.15, 0.2) is 0 Å². The maximum absolute atomic E-state index is 12.0. The molecule has 1 aromatic rings. The second-order valence-electron chi connectivity index (χ2n) is 5.25. The number of aryl methyl sites for hydroxylation is 2. The Morgan fingerprint density at radius 3 is 2.63 bits per heavy atom. The highest BCUT2D eigenvalue weighted by atomic mass is 32.1. The van der Waals surface area contributed by atoms with Crippen LogP contribution in [0.2, 0.25) is 0 Å². The van der Waals surface area contributed by atoms with Crippen LogP contribution in [0.15, 0.2) is 6.07 Å². The highest BCUT2D eigenvalue weighted by Crippen LogP contribution is 2.35. The molecule has 19 heavy (non-hydrogen) atoms. The zero-order chi connectivity index (χ0) is 14.0. The first-order valence-corrected chi connectivity index (χ1v) is 7.37. The van der Waals surface area contributed by atoms with Crippen molar-refractivity contribution in [1.29, 1.82) is 0 Å². The molecule has 1 aliphatic carbocycles. The van der Waals surface area contributed by atoms with Gasteiger partial charge in [-0.15, -0.1) is 11.3 Å². The van der Waals surface area contributed by atoms with E-state index < -0.39 is 11.9 Å². The molecule has 1 heterocycles. The number of thiophene rings is 1. The molecule has 0 aromatic carbocycles. The monoisotopic (exact) mass is 281 g/mol. The van der Waals surface area contributed by atoms with E-state index in [0.717, 1.165) is 22.6 Å². The fourth-order valence-electron chi connectivity index (χ4n) is 2.19. The maximum Gasteiger partial charge on any atom is 0.308 e. The van der Waals surface area contributed by atoms with Gasteiger partial charge in [0.25, 0.3) is 5.91 Å². The summed E-state index contributed by atoms with van der Waals surface area (Å²) in [6.45, 7) is 4.09. The molecule has 0 saturated heterocycles. The third-order valence-corrected chi connectivity index (χ3v) is 4.42. The summed E-state index contributed by atoms with van der Waals surface area (Å²) in [5, 5.41) is 11.9. The Labute approximate surface area is 116 Å². The summed E-state index contributed by atoms with van der Waals surface area (Å²) in [6, 6.07) is 1.85. The van der Waals surface area contributed by atoms with E-state index in [1.165, 1.54) is 0 Å². The first-order valence-electron chi connectivity index (χ1n) is 6.55. The van der Waals surface area contributed by atoms with Crippen molar-refractivity contribution in [3.8, 4) is 0 Å².